The third kappa shape index (κ3) is 4.90. The zero-order valence-electron chi connectivity index (χ0n) is 17.1. The normalized spacial score (nSPS) is 11.0. The number of benzene rings is 1. The number of carbonyl (C=O) groups excluding carboxylic acids is 1. The highest BCUT2D eigenvalue weighted by Crippen LogP contribution is 2.28. The Morgan fingerprint density at radius 1 is 1.26 bits per heavy atom. The van der Waals surface area contributed by atoms with Gasteiger partial charge in [0.15, 0.2) is 11.5 Å². The van der Waals surface area contributed by atoms with E-state index >= 15 is 0 Å². The van der Waals surface area contributed by atoms with E-state index in [1.807, 2.05) is 63.7 Å². The van der Waals surface area contributed by atoms with Crippen molar-refractivity contribution in [3.05, 3.63) is 46.8 Å². The minimum Gasteiger partial charge on any atom is -0.493 e. The molecular weight excluding hydrogens is 342 g/mol. The predicted octanol–water partition coefficient (Wildman–Crippen LogP) is 3.51. The maximum Gasteiger partial charge on any atom is 0.246 e. The maximum absolute atomic E-state index is 12.7. The molecule has 1 aromatic carbocycles. The molecule has 0 saturated heterocycles. The van der Waals surface area contributed by atoms with Gasteiger partial charge in [-0.2, -0.15) is 5.10 Å². The van der Waals surface area contributed by atoms with Crippen LogP contribution in [0.15, 0.2) is 24.3 Å². The van der Waals surface area contributed by atoms with Crippen molar-refractivity contribution in [2.45, 2.75) is 34.2 Å². The van der Waals surface area contributed by atoms with E-state index < -0.39 is 0 Å². The van der Waals surface area contributed by atoms with Crippen molar-refractivity contribution in [3.8, 4) is 11.5 Å². The number of hydrogen-bond donors (Lipinski definition) is 0. The third-order valence-corrected chi connectivity index (χ3v) is 4.55. The number of amides is 1. The molecule has 0 bridgehead atoms. The van der Waals surface area contributed by atoms with Crippen molar-refractivity contribution in [2.24, 2.45) is 7.05 Å². The Balaban J connectivity index is 2.14. The highest BCUT2D eigenvalue weighted by Gasteiger charge is 2.13. The molecule has 0 saturated carbocycles. The molecule has 0 fully saturated rings. The third-order valence-electron chi connectivity index (χ3n) is 4.55. The SMILES string of the molecule is CCOc1ccc(CN(CC)C(=O)/C=C/c2c(C)nn(C)c2C)cc1OC. The Hall–Kier alpha value is -2.76. The molecule has 0 spiro atoms. The molecule has 6 heteroatoms. The Labute approximate surface area is 161 Å². The molecule has 0 N–H and O–H groups in total. The van der Waals surface area contributed by atoms with Gasteiger partial charge in [0.25, 0.3) is 0 Å². The Morgan fingerprint density at radius 2 is 2.00 bits per heavy atom. The maximum atomic E-state index is 12.7. The monoisotopic (exact) mass is 371 g/mol. The van der Waals surface area contributed by atoms with Crippen LogP contribution in [0.5, 0.6) is 11.5 Å². The molecule has 0 atom stereocenters. The highest BCUT2D eigenvalue weighted by molar-refractivity contribution is 5.92. The summed E-state index contributed by atoms with van der Waals surface area (Å²) in [5.74, 6) is 1.35. The summed E-state index contributed by atoms with van der Waals surface area (Å²) < 4.78 is 12.8. The Kier molecular flexibility index (Phi) is 7.05. The second-order valence-corrected chi connectivity index (χ2v) is 6.31. The topological polar surface area (TPSA) is 56.6 Å². The van der Waals surface area contributed by atoms with Gasteiger partial charge in [0, 0.05) is 37.5 Å². The molecule has 1 amide bonds. The average molecular weight is 371 g/mol. The second-order valence-electron chi connectivity index (χ2n) is 6.31. The van der Waals surface area contributed by atoms with E-state index in [4.69, 9.17) is 9.47 Å². The smallest absolute Gasteiger partial charge is 0.246 e. The van der Waals surface area contributed by atoms with Gasteiger partial charge in [0.05, 0.1) is 19.4 Å². The minimum atomic E-state index is -0.0343. The lowest BCUT2D eigenvalue weighted by atomic mass is 10.1. The van der Waals surface area contributed by atoms with Gasteiger partial charge in [-0.1, -0.05) is 6.07 Å². The van der Waals surface area contributed by atoms with Crippen molar-refractivity contribution in [2.75, 3.05) is 20.3 Å². The van der Waals surface area contributed by atoms with Gasteiger partial charge in [0.1, 0.15) is 0 Å². The highest BCUT2D eigenvalue weighted by atomic mass is 16.5. The van der Waals surface area contributed by atoms with Crippen LogP contribution in [0, 0.1) is 13.8 Å². The van der Waals surface area contributed by atoms with Crippen LogP contribution in [-0.4, -0.2) is 40.8 Å². The Morgan fingerprint density at radius 3 is 2.56 bits per heavy atom. The summed E-state index contributed by atoms with van der Waals surface area (Å²) in [7, 11) is 3.52. The van der Waals surface area contributed by atoms with Crippen molar-refractivity contribution < 1.29 is 14.3 Å². The summed E-state index contributed by atoms with van der Waals surface area (Å²) >= 11 is 0. The fraction of sp³-hybridized carbons (Fsp3) is 0.429. The van der Waals surface area contributed by atoms with E-state index in [1.54, 1.807) is 18.1 Å². The van der Waals surface area contributed by atoms with Gasteiger partial charge in [-0.15, -0.1) is 0 Å². The van der Waals surface area contributed by atoms with Crippen LogP contribution in [0.1, 0.15) is 36.4 Å². The molecule has 27 heavy (non-hydrogen) atoms. The molecule has 6 nitrogen and oxygen atoms in total. The lowest BCUT2D eigenvalue weighted by Crippen LogP contribution is -2.28. The lowest BCUT2D eigenvalue weighted by Gasteiger charge is -2.20. The summed E-state index contributed by atoms with van der Waals surface area (Å²) in [6, 6.07) is 5.76. The van der Waals surface area contributed by atoms with Gasteiger partial charge >= 0.3 is 0 Å². The molecule has 0 aliphatic carbocycles. The van der Waals surface area contributed by atoms with Gasteiger partial charge < -0.3 is 14.4 Å². The summed E-state index contributed by atoms with van der Waals surface area (Å²) in [6.07, 6.45) is 3.47. The number of aryl methyl sites for hydroxylation is 2. The molecule has 0 radical (unpaired) electrons. The van der Waals surface area contributed by atoms with Gasteiger partial charge in [-0.3, -0.25) is 9.48 Å². The summed E-state index contributed by atoms with van der Waals surface area (Å²) in [4.78, 5) is 14.4. The van der Waals surface area contributed by atoms with Crippen LogP contribution < -0.4 is 9.47 Å². The van der Waals surface area contributed by atoms with Crippen molar-refractivity contribution >= 4 is 12.0 Å². The molecule has 1 heterocycles. The molecular formula is C21H29N3O3. The van der Waals surface area contributed by atoms with E-state index in [0.717, 1.165) is 22.5 Å². The van der Waals surface area contributed by atoms with E-state index in [2.05, 4.69) is 5.10 Å². The van der Waals surface area contributed by atoms with Crippen molar-refractivity contribution in [1.29, 1.82) is 0 Å². The fourth-order valence-electron chi connectivity index (χ4n) is 2.94. The van der Waals surface area contributed by atoms with Gasteiger partial charge in [-0.25, -0.2) is 0 Å². The summed E-state index contributed by atoms with van der Waals surface area (Å²) in [5.41, 5.74) is 3.94. The largest absolute Gasteiger partial charge is 0.493 e. The van der Waals surface area contributed by atoms with Gasteiger partial charge in [-0.05, 0) is 51.5 Å². The lowest BCUT2D eigenvalue weighted by molar-refractivity contribution is -0.126. The van der Waals surface area contributed by atoms with E-state index in [-0.39, 0.29) is 5.91 Å². The second kappa shape index (κ2) is 9.26. The number of carbonyl (C=O) groups is 1. The van der Waals surface area contributed by atoms with E-state index in [9.17, 15) is 4.79 Å². The Bertz CT molecular complexity index is 824. The first-order valence-electron chi connectivity index (χ1n) is 9.18. The van der Waals surface area contributed by atoms with E-state index in [0.29, 0.717) is 31.2 Å². The molecule has 146 valence electrons. The zero-order chi connectivity index (χ0) is 20.0. The number of rotatable bonds is 8. The first-order valence-corrected chi connectivity index (χ1v) is 9.18. The van der Waals surface area contributed by atoms with Crippen LogP contribution in [0.25, 0.3) is 6.08 Å². The molecule has 2 rings (SSSR count). The number of hydrogen-bond acceptors (Lipinski definition) is 4. The van der Waals surface area contributed by atoms with E-state index in [1.165, 1.54) is 0 Å². The first kappa shape index (κ1) is 20.6. The van der Waals surface area contributed by atoms with Crippen LogP contribution in [0.2, 0.25) is 0 Å². The molecule has 0 unspecified atom stereocenters. The van der Waals surface area contributed by atoms with Crippen LogP contribution >= 0.6 is 0 Å². The van der Waals surface area contributed by atoms with Crippen LogP contribution in [0.4, 0.5) is 0 Å². The molecule has 1 aromatic heterocycles. The number of aromatic nitrogens is 2. The van der Waals surface area contributed by atoms with Gasteiger partial charge in [0.2, 0.25) is 5.91 Å². The van der Waals surface area contributed by atoms with Crippen molar-refractivity contribution in [1.82, 2.24) is 14.7 Å². The predicted molar refractivity (Wildman–Crippen MR) is 107 cm³/mol. The fourth-order valence-corrected chi connectivity index (χ4v) is 2.94. The minimum absolute atomic E-state index is 0.0343. The van der Waals surface area contributed by atoms with Crippen LogP contribution in [-0.2, 0) is 18.4 Å². The average Bonchev–Trinajstić information content (AvgIpc) is 2.90. The molecule has 0 aliphatic rings. The van der Waals surface area contributed by atoms with Crippen LogP contribution in [0.3, 0.4) is 0 Å². The first-order chi connectivity index (χ1) is 12.9. The zero-order valence-corrected chi connectivity index (χ0v) is 17.1. The molecule has 0 aliphatic heterocycles. The van der Waals surface area contributed by atoms with Crippen molar-refractivity contribution in [3.63, 3.8) is 0 Å². The summed E-state index contributed by atoms with van der Waals surface area (Å²) in [5, 5.41) is 4.38. The quantitative estimate of drug-likeness (QED) is 0.667. The molecule has 2 aromatic rings. The number of likely N-dealkylation sites (N-methyl/N-ethyl adjacent to an activating group) is 1. The number of methoxy groups -OCH3 is 1. The summed E-state index contributed by atoms with van der Waals surface area (Å²) in [6.45, 7) is 9.54. The number of ether oxygens (including phenoxy) is 2. The number of nitrogens with zero attached hydrogens (tertiary/aromatic N) is 3. The standard InChI is InChI=1S/C21H29N3O3/c1-7-24(14-17-9-11-19(27-8-2)20(13-17)26-6)21(25)12-10-18-15(3)22-23(5)16(18)4/h9-13H,7-8,14H2,1-6H3/b12-10+.